The number of hydrogen-bond acceptors (Lipinski definition) is 3. The van der Waals surface area contributed by atoms with Gasteiger partial charge in [0.2, 0.25) is 5.91 Å². The minimum atomic E-state index is -0.867. The Morgan fingerprint density at radius 1 is 1.59 bits per heavy atom. The standard InChI is InChI=1S/C11H20FN3O.ClH/c1-15-3-2-8(7-15)5-14-11(16)10-4-9(12)6-13-10;/h8-10,13H,2-7H2,1H3,(H,14,16);1H/t8-,9+,10-;/m0./s1. The van der Waals surface area contributed by atoms with Gasteiger partial charge in [0.15, 0.2) is 0 Å². The average Bonchev–Trinajstić information content (AvgIpc) is 2.84. The Hall–Kier alpha value is -0.390. The summed E-state index contributed by atoms with van der Waals surface area (Å²) in [4.78, 5) is 13.9. The van der Waals surface area contributed by atoms with Gasteiger partial charge in [-0.3, -0.25) is 4.79 Å². The molecular formula is C11H21ClFN3O. The predicted molar refractivity (Wildman–Crippen MR) is 67.2 cm³/mol. The van der Waals surface area contributed by atoms with Crippen molar-refractivity contribution in [1.29, 1.82) is 0 Å². The molecule has 17 heavy (non-hydrogen) atoms. The third-order valence-corrected chi connectivity index (χ3v) is 3.45. The first-order chi connectivity index (χ1) is 7.65. The quantitative estimate of drug-likeness (QED) is 0.765. The lowest BCUT2D eigenvalue weighted by Gasteiger charge is -2.14. The van der Waals surface area contributed by atoms with Crippen molar-refractivity contribution >= 4 is 18.3 Å². The van der Waals surface area contributed by atoms with Crippen molar-refractivity contribution in [1.82, 2.24) is 15.5 Å². The minimum absolute atomic E-state index is 0. The summed E-state index contributed by atoms with van der Waals surface area (Å²) in [6, 6.07) is -0.325. The second-order valence-electron chi connectivity index (χ2n) is 4.96. The van der Waals surface area contributed by atoms with Gasteiger partial charge in [-0.15, -0.1) is 12.4 Å². The van der Waals surface area contributed by atoms with E-state index in [1.165, 1.54) is 0 Å². The summed E-state index contributed by atoms with van der Waals surface area (Å²) in [6.45, 7) is 3.18. The number of halogens is 2. The monoisotopic (exact) mass is 265 g/mol. The third kappa shape index (κ3) is 4.08. The number of nitrogens with one attached hydrogen (secondary N) is 2. The molecule has 4 nitrogen and oxygen atoms in total. The fraction of sp³-hybridized carbons (Fsp3) is 0.909. The van der Waals surface area contributed by atoms with E-state index in [9.17, 15) is 9.18 Å². The molecule has 2 fully saturated rings. The number of carbonyl (C=O) groups is 1. The van der Waals surface area contributed by atoms with Crippen LogP contribution in [0.25, 0.3) is 0 Å². The molecule has 3 atom stereocenters. The van der Waals surface area contributed by atoms with Gasteiger partial charge in [0.25, 0.3) is 0 Å². The number of carbonyl (C=O) groups excluding carboxylic acids is 1. The van der Waals surface area contributed by atoms with Gasteiger partial charge in [-0.2, -0.15) is 0 Å². The molecule has 0 radical (unpaired) electrons. The second kappa shape index (κ2) is 6.52. The Morgan fingerprint density at radius 3 is 2.88 bits per heavy atom. The van der Waals surface area contributed by atoms with E-state index in [0.29, 0.717) is 18.9 Å². The van der Waals surface area contributed by atoms with E-state index in [1.54, 1.807) is 0 Å². The summed E-state index contributed by atoms with van der Waals surface area (Å²) in [7, 11) is 2.09. The molecule has 0 spiro atoms. The summed E-state index contributed by atoms with van der Waals surface area (Å²) in [5.74, 6) is 0.506. The third-order valence-electron chi connectivity index (χ3n) is 3.45. The Kier molecular flexibility index (Phi) is 5.62. The lowest BCUT2D eigenvalue weighted by Crippen LogP contribution is -2.42. The summed E-state index contributed by atoms with van der Waals surface area (Å²) in [5, 5.41) is 5.81. The first kappa shape index (κ1) is 14.7. The van der Waals surface area contributed by atoms with Crippen LogP contribution in [0, 0.1) is 5.92 Å². The van der Waals surface area contributed by atoms with E-state index in [-0.39, 0.29) is 24.4 Å². The fourth-order valence-electron chi connectivity index (χ4n) is 2.45. The minimum Gasteiger partial charge on any atom is -0.354 e. The largest absolute Gasteiger partial charge is 0.354 e. The molecule has 100 valence electrons. The van der Waals surface area contributed by atoms with Crippen molar-refractivity contribution in [3.05, 3.63) is 0 Å². The highest BCUT2D eigenvalue weighted by atomic mass is 35.5. The van der Waals surface area contributed by atoms with E-state index in [4.69, 9.17) is 0 Å². The van der Waals surface area contributed by atoms with Gasteiger partial charge in [0, 0.05) is 26.1 Å². The summed E-state index contributed by atoms with van der Waals surface area (Å²) < 4.78 is 12.9. The maximum atomic E-state index is 12.9. The fourth-order valence-corrected chi connectivity index (χ4v) is 2.45. The number of likely N-dealkylation sites (tertiary alicyclic amines) is 1. The van der Waals surface area contributed by atoms with Gasteiger partial charge in [-0.1, -0.05) is 0 Å². The van der Waals surface area contributed by atoms with E-state index >= 15 is 0 Å². The molecule has 2 aliphatic rings. The molecule has 0 aromatic rings. The van der Waals surface area contributed by atoms with Gasteiger partial charge in [0.1, 0.15) is 6.17 Å². The maximum absolute atomic E-state index is 12.9. The Balaban J connectivity index is 0.00000144. The molecule has 0 aliphatic carbocycles. The zero-order valence-corrected chi connectivity index (χ0v) is 10.9. The molecule has 0 aromatic carbocycles. The first-order valence-corrected chi connectivity index (χ1v) is 5.99. The van der Waals surface area contributed by atoms with Crippen LogP contribution in [0.2, 0.25) is 0 Å². The maximum Gasteiger partial charge on any atom is 0.237 e. The summed E-state index contributed by atoms with van der Waals surface area (Å²) in [5.41, 5.74) is 0. The van der Waals surface area contributed by atoms with Gasteiger partial charge >= 0.3 is 0 Å². The number of rotatable bonds is 3. The molecule has 2 N–H and O–H groups in total. The van der Waals surface area contributed by atoms with E-state index < -0.39 is 6.17 Å². The van der Waals surface area contributed by atoms with Crippen LogP contribution in [0.4, 0.5) is 4.39 Å². The van der Waals surface area contributed by atoms with Crippen LogP contribution in [0.3, 0.4) is 0 Å². The highest BCUT2D eigenvalue weighted by Gasteiger charge is 2.29. The summed E-state index contributed by atoms with van der Waals surface area (Å²) in [6.07, 6.45) is 0.588. The molecule has 2 aliphatic heterocycles. The molecule has 2 heterocycles. The van der Waals surface area contributed by atoms with Crippen LogP contribution < -0.4 is 10.6 Å². The highest BCUT2D eigenvalue weighted by molar-refractivity contribution is 5.85. The molecule has 6 heteroatoms. The van der Waals surface area contributed by atoms with Crippen molar-refractivity contribution in [2.75, 3.05) is 33.2 Å². The van der Waals surface area contributed by atoms with Gasteiger partial charge in [-0.25, -0.2) is 4.39 Å². The number of alkyl halides is 1. The lowest BCUT2D eigenvalue weighted by molar-refractivity contribution is -0.123. The van der Waals surface area contributed by atoms with Crippen LogP contribution >= 0.6 is 12.4 Å². The van der Waals surface area contributed by atoms with E-state index in [0.717, 1.165) is 26.1 Å². The molecule has 0 saturated carbocycles. The number of nitrogens with zero attached hydrogens (tertiary/aromatic N) is 1. The van der Waals surface area contributed by atoms with Crippen molar-refractivity contribution in [3.8, 4) is 0 Å². The van der Waals surface area contributed by atoms with E-state index in [1.807, 2.05) is 0 Å². The molecule has 2 rings (SSSR count). The Bertz CT molecular complexity index is 267. The van der Waals surface area contributed by atoms with Crippen LogP contribution in [-0.2, 0) is 4.79 Å². The Labute approximate surface area is 108 Å². The zero-order valence-electron chi connectivity index (χ0n) is 10.1. The van der Waals surface area contributed by atoms with Crippen LogP contribution in [0.1, 0.15) is 12.8 Å². The normalized spacial score (nSPS) is 33.4. The summed E-state index contributed by atoms with van der Waals surface area (Å²) >= 11 is 0. The SMILES string of the molecule is CN1CC[C@@H](CNC(=O)[C@@H]2C[C@@H](F)CN2)C1.Cl. The highest BCUT2D eigenvalue weighted by Crippen LogP contribution is 2.14. The van der Waals surface area contributed by atoms with Gasteiger partial charge in [0.05, 0.1) is 6.04 Å². The van der Waals surface area contributed by atoms with Crippen molar-refractivity contribution < 1.29 is 9.18 Å². The smallest absolute Gasteiger partial charge is 0.237 e. The number of hydrogen-bond donors (Lipinski definition) is 2. The lowest BCUT2D eigenvalue weighted by atomic mass is 10.1. The molecule has 1 amide bonds. The first-order valence-electron chi connectivity index (χ1n) is 5.99. The topological polar surface area (TPSA) is 44.4 Å². The molecular weight excluding hydrogens is 245 g/mol. The molecule has 2 saturated heterocycles. The van der Waals surface area contributed by atoms with Crippen molar-refractivity contribution in [2.45, 2.75) is 25.1 Å². The zero-order chi connectivity index (χ0) is 11.5. The molecule has 0 bridgehead atoms. The Morgan fingerprint density at radius 2 is 2.35 bits per heavy atom. The van der Waals surface area contributed by atoms with Crippen molar-refractivity contribution in [3.63, 3.8) is 0 Å². The average molecular weight is 266 g/mol. The van der Waals surface area contributed by atoms with Crippen molar-refractivity contribution in [2.24, 2.45) is 5.92 Å². The predicted octanol–water partition coefficient (Wildman–Crippen LogP) is 0.176. The molecule has 0 unspecified atom stereocenters. The number of amides is 1. The van der Waals surface area contributed by atoms with Gasteiger partial charge in [-0.05, 0) is 25.9 Å². The van der Waals surface area contributed by atoms with Crippen LogP contribution in [0.5, 0.6) is 0 Å². The van der Waals surface area contributed by atoms with Crippen LogP contribution in [-0.4, -0.2) is 56.2 Å². The molecule has 0 aromatic heterocycles. The van der Waals surface area contributed by atoms with Gasteiger partial charge < -0.3 is 15.5 Å². The van der Waals surface area contributed by atoms with Crippen LogP contribution in [0.15, 0.2) is 0 Å². The van der Waals surface area contributed by atoms with E-state index in [2.05, 4.69) is 22.6 Å². The second-order valence-corrected chi connectivity index (χ2v) is 4.96.